The molecule has 1 aromatic carbocycles. The van der Waals surface area contributed by atoms with Crippen LogP contribution in [0.3, 0.4) is 0 Å². The van der Waals surface area contributed by atoms with Gasteiger partial charge < -0.3 is 15.4 Å². The first-order chi connectivity index (χ1) is 16.6. The predicted molar refractivity (Wildman–Crippen MR) is 141 cm³/mol. The third-order valence-corrected chi connectivity index (χ3v) is 8.56. The summed E-state index contributed by atoms with van der Waals surface area (Å²) < 4.78 is 5.29. The van der Waals surface area contributed by atoms with Crippen LogP contribution >= 0.6 is 11.6 Å². The Morgan fingerprint density at radius 3 is 2.29 bits per heavy atom. The maximum Gasteiger partial charge on any atom is 0.311 e. The maximum atomic E-state index is 13.1. The van der Waals surface area contributed by atoms with Crippen LogP contribution in [0.4, 0.5) is 0 Å². The third kappa shape index (κ3) is 7.01. The van der Waals surface area contributed by atoms with E-state index in [1.807, 2.05) is 39.0 Å². The monoisotopic (exact) mass is 502 g/mol. The summed E-state index contributed by atoms with van der Waals surface area (Å²) in [5.74, 6) is 2.47. The number of carbonyl (C=O) groups is 2. The Kier molecular flexibility index (Phi) is 8.48. The fraction of sp³-hybridized carbons (Fsp3) is 0.724. The van der Waals surface area contributed by atoms with Crippen molar-refractivity contribution >= 4 is 23.5 Å². The van der Waals surface area contributed by atoms with Crippen molar-refractivity contribution in [2.24, 2.45) is 28.6 Å². The van der Waals surface area contributed by atoms with E-state index in [1.165, 1.54) is 38.5 Å². The number of nitrogens with one attached hydrogen (secondary N) is 2. The van der Waals surface area contributed by atoms with Crippen LogP contribution in [0.1, 0.15) is 88.1 Å². The second-order valence-corrected chi connectivity index (χ2v) is 12.9. The second-order valence-electron chi connectivity index (χ2n) is 12.5. The molecule has 4 aliphatic rings. The number of ether oxygens (including phenoxy) is 1. The van der Waals surface area contributed by atoms with E-state index in [0.717, 1.165) is 62.2 Å². The standard InChI is InChI=1S/C29H43ClN2O3/c1-28(2,3)27(34)35-11-5-10-31-9-4-6-20-7-8-25(30)24(15-20)26(33)32-19-29-16-21-12-22(17-29)14-23(13-21)18-29/h7-8,15,21-23,31H,4-6,9-14,16-19H2,1-3H3,(H,32,33). The minimum absolute atomic E-state index is 0.0319. The van der Waals surface area contributed by atoms with Crippen LogP contribution in [-0.2, 0) is 16.0 Å². The molecule has 35 heavy (non-hydrogen) atoms. The highest BCUT2D eigenvalue weighted by molar-refractivity contribution is 6.33. The van der Waals surface area contributed by atoms with E-state index in [9.17, 15) is 9.59 Å². The molecular weight excluding hydrogens is 460 g/mol. The largest absolute Gasteiger partial charge is 0.465 e. The highest BCUT2D eigenvalue weighted by Crippen LogP contribution is 2.59. The molecule has 2 N–H and O–H groups in total. The van der Waals surface area contributed by atoms with Gasteiger partial charge in [0.2, 0.25) is 0 Å². The summed E-state index contributed by atoms with van der Waals surface area (Å²) in [4.78, 5) is 24.8. The molecule has 0 spiro atoms. The summed E-state index contributed by atoms with van der Waals surface area (Å²) in [5.41, 5.74) is 1.61. The molecule has 0 unspecified atom stereocenters. The summed E-state index contributed by atoms with van der Waals surface area (Å²) in [5, 5.41) is 7.20. The van der Waals surface area contributed by atoms with Crippen molar-refractivity contribution in [1.29, 1.82) is 0 Å². The van der Waals surface area contributed by atoms with Crippen molar-refractivity contribution in [3.8, 4) is 0 Å². The van der Waals surface area contributed by atoms with Crippen molar-refractivity contribution < 1.29 is 14.3 Å². The van der Waals surface area contributed by atoms with E-state index in [1.54, 1.807) is 0 Å². The predicted octanol–water partition coefficient (Wildman–Crippen LogP) is 5.79. The fourth-order valence-electron chi connectivity index (χ4n) is 6.89. The van der Waals surface area contributed by atoms with Crippen LogP contribution in [0.15, 0.2) is 18.2 Å². The topological polar surface area (TPSA) is 67.4 Å². The van der Waals surface area contributed by atoms with Gasteiger partial charge in [0.25, 0.3) is 5.91 Å². The van der Waals surface area contributed by atoms with Gasteiger partial charge in [0, 0.05) is 6.54 Å². The number of carbonyl (C=O) groups excluding carboxylic acids is 2. The van der Waals surface area contributed by atoms with Gasteiger partial charge >= 0.3 is 5.97 Å². The highest BCUT2D eigenvalue weighted by atomic mass is 35.5. The molecule has 0 saturated heterocycles. The lowest BCUT2D eigenvalue weighted by atomic mass is 9.49. The average molecular weight is 503 g/mol. The summed E-state index contributed by atoms with van der Waals surface area (Å²) in [6.45, 7) is 8.53. The maximum absolute atomic E-state index is 13.1. The minimum Gasteiger partial charge on any atom is -0.465 e. The van der Waals surface area contributed by atoms with E-state index in [0.29, 0.717) is 22.6 Å². The lowest BCUT2D eigenvalue weighted by Gasteiger charge is -2.56. The quantitative estimate of drug-likeness (QED) is 0.297. The smallest absolute Gasteiger partial charge is 0.311 e. The number of halogens is 1. The van der Waals surface area contributed by atoms with Crippen LogP contribution in [0.5, 0.6) is 0 Å². The first-order valence-corrected chi connectivity index (χ1v) is 14.0. The van der Waals surface area contributed by atoms with Crippen molar-refractivity contribution in [2.45, 2.75) is 78.6 Å². The van der Waals surface area contributed by atoms with E-state index in [-0.39, 0.29) is 11.9 Å². The number of benzene rings is 1. The zero-order valence-electron chi connectivity index (χ0n) is 21.8. The number of esters is 1. The molecule has 0 atom stereocenters. The SMILES string of the molecule is CC(C)(C)C(=O)OCCCNCCCc1ccc(Cl)c(C(=O)NCC23CC4CC(CC(C4)C2)C3)c1. The van der Waals surface area contributed by atoms with Gasteiger partial charge in [-0.15, -0.1) is 0 Å². The second kappa shape index (κ2) is 11.2. The Balaban J connectivity index is 1.17. The van der Waals surface area contributed by atoms with E-state index >= 15 is 0 Å². The van der Waals surface area contributed by atoms with Crippen molar-refractivity contribution in [3.05, 3.63) is 34.3 Å². The van der Waals surface area contributed by atoms with E-state index in [2.05, 4.69) is 10.6 Å². The van der Waals surface area contributed by atoms with Gasteiger partial charge in [0.05, 0.1) is 22.6 Å². The normalized spacial score (nSPS) is 27.1. The fourth-order valence-corrected chi connectivity index (χ4v) is 7.10. The van der Waals surface area contributed by atoms with Gasteiger partial charge in [-0.25, -0.2) is 0 Å². The number of hydrogen-bond donors (Lipinski definition) is 2. The molecule has 1 aromatic rings. The van der Waals surface area contributed by atoms with Gasteiger partial charge in [0.1, 0.15) is 0 Å². The molecule has 4 saturated carbocycles. The number of hydrogen-bond acceptors (Lipinski definition) is 4. The van der Waals surface area contributed by atoms with Gasteiger partial charge in [-0.2, -0.15) is 0 Å². The Bertz CT molecular complexity index is 872. The number of amides is 1. The van der Waals surface area contributed by atoms with Gasteiger partial charge in [-0.05, 0) is 133 Å². The summed E-state index contributed by atoms with van der Waals surface area (Å²) >= 11 is 6.42. The molecule has 0 aliphatic heterocycles. The van der Waals surface area contributed by atoms with Gasteiger partial charge in [-0.3, -0.25) is 9.59 Å². The van der Waals surface area contributed by atoms with Crippen LogP contribution < -0.4 is 10.6 Å². The molecule has 5 nitrogen and oxygen atoms in total. The van der Waals surface area contributed by atoms with Crippen molar-refractivity contribution in [2.75, 3.05) is 26.2 Å². The summed E-state index contributed by atoms with van der Waals surface area (Å²) in [6.07, 6.45) is 10.8. The summed E-state index contributed by atoms with van der Waals surface area (Å²) in [7, 11) is 0. The van der Waals surface area contributed by atoms with E-state index < -0.39 is 5.41 Å². The Hall–Kier alpha value is -1.59. The zero-order valence-corrected chi connectivity index (χ0v) is 22.5. The van der Waals surface area contributed by atoms with Crippen molar-refractivity contribution in [3.63, 3.8) is 0 Å². The molecule has 0 aromatic heterocycles. The minimum atomic E-state index is -0.448. The number of rotatable bonds is 11. The highest BCUT2D eigenvalue weighted by Gasteiger charge is 2.50. The van der Waals surface area contributed by atoms with Gasteiger partial charge in [0.15, 0.2) is 0 Å². The lowest BCUT2D eigenvalue weighted by molar-refractivity contribution is -0.152. The molecule has 0 heterocycles. The molecule has 6 heteroatoms. The molecule has 0 radical (unpaired) electrons. The molecule has 4 fully saturated rings. The molecule has 4 aliphatic carbocycles. The molecule has 194 valence electrons. The molecule has 5 rings (SSSR count). The van der Waals surface area contributed by atoms with Gasteiger partial charge in [-0.1, -0.05) is 17.7 Å². The lowest BCUT2D eigenvalue weighted by Crippen LogP contribution is -2.51. The van der Waals surface area contributed by atoms with Crippen LogP contribution in [-0.4, -0.2) is 38.1 Å². The Labute approximate surface area is 216 Å². The molecule has 1 amide bonds. The van der Waals surface area contributed by atoms with E-state index in [4.69, 9.17) is 16.3 Å². The number of aryl methyl sites for hydroxylation is 1. The first kappa shape index (κ1) is 26.5. The molecule has 4 bridgehead atoms. The van der Waals surface area contributed by atoms with Crippen LogP contribution in [0.2, 0.25) is 5.02 Å². The average Bonchev–Trinajstić information content (AvgIpc) is 2.78. The van der Waals surface area contributed by atoms with Crippen LogP contribution in [0, 0.1) is 28.6 Å². The first-order valence-electron chi connectivity index (χ1n) is 13.6. The zero-order chi connectivity index (χ0) is 25.1. The van der Waals surface area contributed by atoms with Crippen LogP contribution in [0.25, 0.3) is 0 Å². The molecular formula is C29H43ClN2O3. The van der Waals surface area contributed by atoms with Crippen molar-refractivity contribution in [1.82, 2.24) is 10.6 Å². The third-order valence-electron chi connectivity index (χ3n) is 8.23. The summed E-state index contributed by atoms with van der Waals surface area (Å²) in [6, 6.07) is 5.83. The Morgan fingerprint density at radius 2 is 1.66 bits per heavy atom. The Morgan fingerprint density at radius 1 is 1.03 bits per heavy atom.